The summed E-state index contributed by atoms with van der Waals surface area (Å²) in [5.41, 5.74) is 1.07. The zero-order valence-electron chi connectivity index (χ0n) is 9.43. The first-order valence-electron chi connectivity index (χ1n) is 4.78. The lowest BCUT2D eigenvalue weighted by Crippen LogP contribution is -2.23. The van der Waals surface area contributed by atoms with Crippen LogP contribution in [0.25, 0.3) is 0 Å². The second-order valence-electron chi connectivity index (χ2n) is 3.31. The normalized spacial score (nSPS) is 14.2. The van der Waals surface area contributed by atoms with Gasteiger partial charge in [-0.05, 0) is 26.0 Å². The van der Waals surface area contributed by atoms with Gasteiger partial charge >= 0.3 is 5.97 Å². The lowest BCUT2D eigenvalue weighted by atomic mass is 10.2. The Morgan fingerprint density at radius 2 is 1.88 bits per heavy atom. The summed E-state index contributed by atoms with van der Waals surface area (Å²) in [7, 11) is 1.26. The molecular formula is C11H14O4S. The van der Waals surface area contributed by atoms with Crippen molar-refractivity contribution in [1.82, 2.24) is 0 Å². The number of carbonyl (C=O) groups excluding carboxylic acids is 1. The third-order valence-corrected chi connectivity index (χ3v) is 3.10. The largest absolute Gasteiger partial charge is 0.467 e. The molecule has 0 aromatic heterocycles. The number of hydrogen-bond acceptors (Lipinski definition) is 4. The van der Waals surface area contributed by atoms with E-state index in [-0.39, 0.29) is 0 Å². The Morgan fingerprint density at radius 1 is 1.31 bits per heavy atom. The fourth-order valence-corrected chi connectivity index (χ4v) is 1.85. The summed E-state index contributed by atoms with van der Waals surface area (Å²) in [6.45, 7) is 3.43. The number of hydrogen-bond donors (Lipinski definition) is 0. The predicted octanol–water partition coefficient (Wildman–Crippen LogP) is 1.60. The molecule has 0 saturated carbocycles. The molecule has 1 rings (SSSR count). The first-order valence-corrected chi connectivity index (χ1v) is 5.85. The topological polar surface area (TPSA) is 52.6 Å². The lowest BCUT2D eigenvalue weighted by molar-refractivity contribution is -0.147. The molecule has 5 heteroatoms. The summed E-state index contributed by atoms with van der Waals surface area (Å²) in [4.78, 5) is 11.6. The van der Waals surface area contributed by atoms with Crippen LogP contribution in [-0.4, -0.2) is 23.4 Å². The highest BCUT2D eigenvalue weighted by molar-refractivity contribution is 7.80. The fourth-order valence-electron chi connectivity index (χ4n) is 1.04. The summed E-state index contributed by atoms with van der Waals surface area (Å²) in [6, 6.07) is 7.07. The molecule has 0 fully saturated rings. The zero-order valence-corrected chi connectivity index (χ0v) is 10.2. The van der Waals surface area contributed by atoms with Gasteiger partial charge in [-0.25, -0.2) is 9.00 Å². The van der Waals surface area contributed by atoms with Gasteiger partial charge in [0.2, 0.25) is 0 Å². The Morgan fingerprint density at radius 3 is 2.38 bits per heavy atom. The van der Waals surface area contributed by atoms with Crippen LogP contribution < -0.4 is 0 Å². The molecule has 0 N–H and O–H groups in total. The van der Waals surface area contributed by atoms with Gasteiger partial charge in [-0.15, -0.1) is 0 Å². The van der Waals surface area contributed by atoms with Crippen LogP contribution >= 0.6 is 0 Å². The lowest BCUT2D eigenvalue weighted by Gasteiger charge is -2.09. The number of carbonyl (C=O) groups is 1. The van der Waals surface area contributed by atoms with Crippen molar-refractivity contribution in [2.45, 2.75) is 24.8 Å². The molecule has 0 aliphatic carbocycles. The molecule has 0 aliphatic heterocycles. The standard InChI is InChI=1S/C11H14O4S/c1-8-4-6-10(7-5-8)16(13)15-9(2)11(12)14-3/h4-7,9H,1-3H3. The van der Waals surface area contributed by atoms with Crippen molar-refractivity contribution in [3.05, 3.63) is 29.8 Å². The number of esters is 1. The van der Waals surface area contributed by atoms with Gasteiger partial charge in [0.1, 0.15) is 0 Å². The quantitative estimate of drug-likeness (QED) is 0.752. The average Bonchev–Trinajstić information content (AvgIpc) is 2.28. The molecule has 1 aromatic rings. The summed E-state index contributed by atoms with van der Waals surface area (Å²) >= 11 is -1.64. The van der Waals surface area contributed by atoms with Crippen LogP contribution in [0, 0.1) is 6.92 Å². The first kappa shape index (κ1) is 12.9. The molecule has 0 bridgehead atoms. The second kappa shape index (κ2) is 5.77. The van der Waals surface area contributed by atoms with Gasteiger partial charge in [-0.3, -0.25) is 4.18 Å². The van der Waals surface area contributed by atoms with Gasteiger partial charge in [-0.1, -0.05) is 17.7 Å². The highest BCUT2D eigenvalue weighted by atomic mass is 32.2. The van der Waals surface area contributed by atoms with Crippen molar-refractivity contribution in [3.63, 3.8) is 0 Å². The zero-order chi connectivity index (χ0) is 12.1. The second-order valence-corrected chi connectivity index (χ2v) is 4.44. The summed E-state index contributed by atoms with van der Waals surface area (Å²) < 4.78 is 21.2. The number of ether oxygens (including phenoxy) is 1. The van der Waals surface area contributed by atoms with E-state index in [1.165, 1.54) is 14.0 Å². The summed E-state index contributed by atoms with van der Waals surface area (Å²) in [6.07, 6.45) is -0.841. The maximum Gasteiger partial charge on any atom is 0.336 e. The number of benzene rings is 1. The molecule has 16 heavy (non-hydrogen) atoms. The van der Waals surface area contributed by atoms with Crippen LogP contribution in [0.2, 0.25) is 0 Å². The van der Waals surface area contributed by atoms with Gasteiger partial charge in [0.15, 0.2) is 17.2 Å². The smallest absolute Gasteiger partial charge is 0.336 e. The van der Waals surface area contributed by atoms with Crippen molar-refractivity contribution in [2.75, 3.05) is 7.11 Å². The molecule has 0 aliphatic rings. The van der Waals surface area contributed by atoms with Crippen molar-refractivity contribution >= 4 is 17.0 Å². The molecular weight excluding hydrogens is 228 g/mol. The molecule has 0 spiro atoms. The van der Waals surface area contributed by atoms with Crippen LogP contribution in [-0.2, 0) is 24.8 Å². The molecule has 1 aromatic carbocycles. The Bertz CT molecular complexity index is 385. The van der Waals surface area contributed by atoms with Crippen molar-refractivity contribution in [3.8, 4) is 0 Å². The Kier molecular flexibility index (Phi) is 4.64. The van der Waals surface area contributed by atoms with E-state index in [0.717, 1.165) is 5.56 Å². The monoisotopic (exact) mass is 242 g/mol. The molecule has 0 amide bonds. The van der Waals surface area contributed by atoms with Crippen LogP contribution in [0.3, 0.4) is 0 Å². The van der Waals surface area contributed by atoms with E-state index in [1.807, 2.05) is 19.1 Å². The molecule has 0 radical (unpaired) electrons. The average molecular weight is 242 g/mol. The van der Waals surface area contributed by atoms with Crippen LogP contribution in [0.5, 0.6) is 0 Å². The minimum atomic E-state index is -1.64. The number of aryl methyl sites for hydroxylation is 1. The van der Waals surface area contributed by atoms with E-state index < -0.39 is 23.2 Å². The summed E-state index contributed by atoms with van der Waals surface area (Å²) in [5, 5.41) is 0. The third-order valence-electron chi connectivity index (χ3n) is 1.98. The van der Waals surface area contributed by atoms with E-state index in [2.05, 4.69) is 4.74 Å². The summed E-state index contributed by atoms with van der Waals surface area (Å²) in [5.74, 6) is -0.541. The Balaban J connectivity index is 2.65. The SMILES string of the molecule is COC(=O)C(C)OS(=O)c1ccc(C)cc1. The number of methoxy groups -OCH3 is 1. The molecule has 0 heterocycles. The van der Waals surface area contributed by atoms with Crippen molar-refractivity contribution in [2.24, 2.45) is 0 Å². The molecule has 4 nitrogen and oxygen atoms in total. The van der Waals surface area contributed by atoms with Gasteiger partial charge in [0, 0.05) is 0 Å². The third kappa shape index (κ3) is 3.43. The minimum Gasteiger partial charge on any atom is -0.467 e. The van der Waals surface area contributed by atoms with Gasteiger partial charge in [0.05, 0.1) is 12.0 Å². The van der Waals surface area contributed by atoms with Crippen LogP contribution in [0.4, 0.5) is 0 Å². The maximum atomic E-state index is 11.7. The molecule has 2 unspecified atom stereocenters. The number of rotatable bonds is 4. The van der Waals surface area contributed by atoms with Gasteiger partial charge in [-0.2, -0.15) is 0 Å². The Hall–Kier alpha value is -1.20. The first-order chi connectivity index (χ1) is 7.54. The predicted molar refractivity (Wildman–Crippen MR) is 60.2 cm³/mol. The van der Waals surface area contributed by atoms with Crippen molar-refractivity contribution in [1.29, 1.82) is 0 Å². The fraction of sp³-hybridized carbons (Fsp3) is 0.364. The van der Waals surface area contributed by atoms with Crippen LogP contribution in [0.1, 0.15) is 12.5 Å². The van der Waals surface area contributed by atoms with E-state index in [4.69, 9.17) is 4.18 Å². The maximum absolute atomic E-state index is 11.7. The van der Waals surface area contributed by atoms with E-state index in [9.17, 15) is 9.00 Å². The van der Waals surface area contributed by atoms with E-state index in [1.54, 1.807) is 12.1 Å². The molecule has 2 atom stereocenters. The van der Waals surface area contributed by atoms with Gasteiger partial charge < -0.3 is 4.74 Å². The highest BCUT2D eigenvalue weighted by Crippen LogP contribution is 2.11. The van der Waals surface area contributed by atoms with Crippen molar-refractivity contribution < 1.29 is 17.9 Å². The Labute approximate surface area is 97.2 Å². The highest BCUT2D eigenvalue weighted by Gasteiger charge is 2.18. The van der Waals surface area contributed by atoms with Gasteiger partial charge in [0.25, 0.3) is 0 Å². The van der Waals surface area contributed by atoms with E-state index in [0.29, 0.717) is 4.90 Å². The molecule has 0 saturated heterocycles. The van der Waals surface area contributed by atoms with E-state index >= 15 is 0 Å². The molecule has 88 valence electrons. The van der Waals surface area contributed by atoms with Crippen LogP contribution in [0.15, 0.2) is 29.2 Å². The minimum absolute atomic E-state index is 0.529.